The highest BCUT2D eigenvalue weighted by Crippen LogP contribution is 2.51. The molecule has 6 rings (SSSR count). The molecule has 232 valence electrons. The molecule has 1 unspecified atom stereocenters. The lowest BCUT2D eigenvalue weighted by molar-refractivity contribution is -0.0914. The Bertz CT molecular complexity index is 1920. The van der Waals surface area contributed by atoms with E-state index in [1.54, 1.807) is 61.1 Å². The van der Waals surface area contributed by atoms with Gasteiger partial charge in [0.05, 0.1) is 35.9 Å². The number of halogens is 4. The SMILES string of the molecule is CCC1(c2ccc(Cl)cc2F)Oc2cccc(-c3cc(F)c(Cc4nc5ccc(C(=O)OC)cc5n4CCOC)c(F)c3)c2O1. The number of carbonyl (C=O) groups is 1. The van der Waals surface area contributed by atoms with E-state index in [1.807, 2.05) is 0 Å². The topological polar surface area (TPSA) is 71.8 Å². The minimum atomic E-state index is -1.49. The van der Waals surface area contributed by atoms with Crippen molar-refractivity contribution < 1.29 is 36.9 Å². The fourth-order valence-electron chi connectivity index (χ4n) is 5.61. The smallest absolute Gasteiger partial charge is 0.337 e. The van der Waals surface area contributed by atoms with Crippen LogP contribution in [0.3, 0.4) is 0 Å². The third-order valence-corrected chi connectivity index (χ3v) is 8.12. The molecule has 1 aliphatic heterocycles. The Morgan fingerprint density at radius 2 is 1.76 bits per heavy atom. The van der Waals surface area contributed by atoms with Gasteiger partial charge in [0, 0.05) is 42.6 Å². The van der Waals surface area contributed by atoms with Crippen LogP contribution in [0.15, 0.2) is 66.7 Å². The van der Waals surface area contributed by atoms with E-state index in [0.29, 0.717) is 46.9 Å². The van der Waals surface area contributed by atoms with Crippen LogP contribution in [-0.2, 0) is 28.2 Å². The largest absolute Gasteiger partial charge is 0.465 e. The number of ether oxygens (including phenoxy) is 4. The van der Waals surface area contributed by atoms with Gasteiger partial charge in [0.2, 0.25) is 0 Å². The second-order valence-electron chi connectivity index (χ2n) is 10.5. The van der Waals surface area contributed by atoms with E-state index in [9.17, 15) is 9.18 Å². The minimum absolute atomic E-state index is 0.152. The fourth-order valence-corrected chi connectivity index (χ4v) is 5.76. The van der Waals surface area contributed by atoms with Gasteiger partial charge in [-0.2, -0.15) is 0 Å². The van der Waals surface area contributed by atoms with Gasteiger partial charge in [0.15, 0.2) is 11.5 Å². The maximum Gasteiger partial charge on any atom is 0.337 e. The summed E-state index contributed by atoms with van der Waals surface area (Å²) in [5.41, 5.74) is 2.05. The Morgan fingerprint density at radius 1 is 0.978 bits per heavy atom. The first-order valence-corrected chi connectivity index (χ1v) is 14.6. The molecule has 45 heavy (non-hydrogen) atoms. The standard InChI is InChI=1S/C34H28ClF3N2O5/c1-4-34(24-10-9-21(35)17-27(24)38)44-30-7-5-6-22(32(30)45-34)20-14-25(36)23(26(37)15-20)18-31-39-28-11-8-19(33(41)43-3)16-29(28)40(31)12-13-42-2/h5-11,14-17H,4,12-13,18H2,1-3H3. The zero-order valence-corrected chi connectivity index (χ0v) is 25.4. The normalized spacial score (nSPS) is 15.5. The van der Waals surface area contributed by atoms with Crippen LogP contribution >= 0.6 is 11.6 Å². The summed E-state index contributed by atoms with van der Waals surface area (Å²) in [5, 5.41) is 0.227. The molecule has 0 spiro atoms. The number of rotatable bonds is 9. The van der Waals surface area contributed by atoms with E-state index >= 15 is 8.78 Å². The predicted molar refractivity (Wildman–Crippen MR) is 162 cm³/mol. The lowest BCUT2D eigenvalue weighted by atomic mass is 10.00. The first kappa shape index (κ1) is 30.5. The molecule has 7 nitrogen and oxygen atoms in total. The molecule has 0 saturated carbocycles. The molecule has 0 amide bonds. The number of benzene rings is 4. The maximum absolute atomic E-state index is 15.8. The van der Waals surface area contributed by atoms with Crippen LogP contribution in [0.1, 0.15) is 40.7 Å². The first-order valence-electron chi connectivity index (χ1n) is 14.2. The Kier molecular flexibility index (Phi) is 8.20. The van der Waals surface area contributed by atoms with E-state index in [4.69, 9.17) is 30.5 Å². The van der Waals surface area contributed by atoms with Crippen molar-refractivity contribution in [3.05, 3.63) is 112 Å². The molecule has 1 aromatic heterocycles. The Hall–Kier alpha value is -4.54. The van der Waals surface area contributed by atoms with Crippen molar-refractivity contribution >= 4 is 28.6 Å². The van der Waals surface area contributed by atoms with Gasteiger partial charge in [-0.15, -0.1) is 0 Å². The molecule has 0 radical (unpaired) electrons. The van der Waals surface area contributed by atoms with Gasteiger partial charge in [-0.05, 0) is 60.2 Å². The van der Waals surface area contributed by atoms with Crippen LogP contribution in [0.2, 0.25) is 5.02 Å². The van der Waals surface area contributed by atoms with Crippen molar-refractivity contribution in [2.45, 2.75) is 32.1 Å². The Labute approximate surface area is 262 Å². The number of fused-ring (bicyclic) bond motifs is 2. The van der Waals surface area contributed by atoms with Crippen LogP contribution in [0.4, 0.5) is 13.2 Å². The summed E-state index contributed by atoms with van der Waals surface area (Å²) in [6.45, 7) is 2.43. The van der Waals surface area contributed by atoms with Crippen molar-refractivity contribution in [3.8, 4) is 22.6 Å². The monoisotopic (exact) mass is 636 g/mol. The third-order valence-electron chi connectivity index (χ3n) is 7.88. The van der Waals surface area contributed by atoms with Crippen molar-refractivity contribution in [3.63, 3.8) is 0 Å². The van der Waals surface area contributed by atoms with Gasteiger partial charge in [-0.1, -0.05) is 30.7 Å². The molecule has 0 saturated heterocycles. The zero-order valence-electron chi connectivity index (χ0n) is 24.6. The van der Waals surface area contributed by atoms with Crippen LogP contribution in [0, 0.1) is 17.5 Å². The molecule has 0 N–H and O–H groups in total. The summed E-state index contributed by atoms with van der Waals surface area (Å²) in [4.78, 5) is 16.7. The molecule has 0 fully saturated rings. The highest BCUT2D eigenvalue weighted by Gasteiger charge is 2.45. The van der Waals surface area contributed by atoms with Crippen LogP contribution < -0.4 is 9.47 Å². The second kappa shape index (κ2) is 12.1. The van der Waals surface area contributed by atoms with E-state index < -0.39 is 29.2 Å². The van der Waals surface area contributed by atoms with Gasteiger partial charge < -0.3 is 23.5 Å². The summed E-state index contributed by atoms with van der Waals surface area (Å²) in [6, 6.07) is 16.5. The van der Waals surface area contributed by atoms with Crippen molar-refractivity contribution in [2.75, 3.05) is 20.8 Å². The Balaban J connectivity index is 1.36. The van der Waals surface area contributed by atoms with Crippen molar-refractivity contribution in [1.82, 2.24) is 9.55 Å². The number of para-hydroxylation sites is 1. The molecule has 4 aromatic carbocycles. The third kappa shape index (κ3) is 5.49. The van der Waals surface area contributed by atoms with E-state index in [1.165, 1.54) is 31.4 Å². The summed E-state index contributed by atoms with van der Waals surface area (Å²) < 4.78 is 70.7. The number of hydrogen-bond acceptors (Lipinski definition) is 6. The van der Waals surface area contributed by atoms with Gasteiger partial charge in [0.1, 0.15) is 23.3 Å². The van der Waals surface area contributed by atoms with E-state index in [-0.39, 0.29) is 40.3 Å². The number of methoxy groups -OCH3 is 2. The lowest BCUT2D eigenvalue weighted by Gasteiger charge is -2.27. The van der Waals surface area contributed by atoms with Crippen molar-refractivity contribution in [2.24, 2.45) is 0 Å². The second-order valence-corrected chi connectivity index (χ2v) is 11.0. The molecule has 0 aliphatic carbocycles. The van der Waals surface area contributed by atoms with Gasteiger partial charge in [0.25, 0.3) is 5.79 Å². The quantitative estimate of drug-likeness (QED) is 0.154. The molecule has 5 aromatic rings. The molecule has 2 heterocycles. The summed E-state index contributed by atoms with van der Waals surface area (Å²) >= 11 is 5.95. The minimum Gasteiger partial charge on any atom is -0.465 e. The number of esters is 1. The molecular weight excluding hydrogens is 609 g/mol. The van der Waals surface area contributed by atoms with Gasteiger partial charge in [-0.3, -0.25) is 0 Å². The van der Waals surface area contributed by atoms with E-state index in [2.05, 4.69) is 4.98 Å². The zero-order chi connectivity index (χ0) is 31.9. The molecule has 0 bridgehead atoms. The average Bonchev–Trinajstić information content (AvgIpc) is 3.59. The average molecular weight is 637 g/mol. The lowest BCUT2D eigenvalue weighted by Crippen LogP contribution is -2.35. The number of nitrogens with zero attached hydrogens (tertiary/aromatic N) is 2. The van der Waals surface area contributed by atoms with Gasteiger partial charge in [-0.25, -0.2) is 22.9 Å². The van der Waals surface area contributed by atoms with E-state index in [0.717, 1.165) is 0 Å². The van der Waals surface area contributed by atoms with Gasteiger partial charge >= 0.3 is 5.97 Å². The fraction of sp³-hybridized carbons (Fsp3) is 0.235. The maximum atomic E-state index is 15.8. The predicted octanol–water partition coefficient (Wildman–Crippen LogP) is 7.83. The van der Waals surface area contributed by atoms with Crippen LogP contribution in [-0.4, -0.2) is 36.3 Å². The summed E-state index contributed by atoms with van der Waals surface area (Å²) in [5.74, 6) is -3.22. The molecule has 1 aliphatic rings. The molecule has 11 heteroatoms. The highest BCUT2D eigenvalue weighted by molar-refractivity contribution is 6.30. The number of aromatic nitrogens is 2. The van der Waals surface area contributed by atoms with Crippen LogP contribution in [0.25, 0.3) is 22.2 Å². The summed E-state index contributed by atoms with van der Waals surface area (Å²) in [7, 11) is 2.83. The summed E-state index contributed by atoms with van der Waals surface area (Å²) in [6.07, 6.45) is 0.0811. The number of hydrogen-bond donors (Lipinski definition) is 0. The van der Waals surface area contributed by atoms with Crippen molar-refractivity contribution in [1.29, 1.82) is 0 Å². The van der Waals surface area contributed by atoms with Crippen LogP contribution in [0.5, 0.6) is 11.5 Å². The highest BCUT2D eigenvalue weighted by atomic mass is 35.5. The first-order chi connectivity index (χ1) is 21.7. The Morgan fingerprint density at radius 3 is 2.44 bits per heavy atom. The molecule has 1 atom stereocenters. The number of carbonyl (C=O) groups excluding carboxylic acids is 1. The molecular formula is C34H28ClF3N2O5. The number of imidazole rings is 1.